The van der Waals surface area contributed by atoms with Crippen LogP contribution in [0.2, 0.25) is 0 Å². The number of ether oxygens (including phenoxy) is 1. The van der Waals surface area contributed by atoms with Gasteiger partial charge in [0.25, 0.3) is 0 Å². The van der Waals surface area contributed by atoms with Crippen LogP contribution in [0.25, 0.3) is 0 Å². The molecule has 7 heteroatoms. The molecule has 1 aliphatic rings. The normalized spacial score (nSPS) is 18.8. The molecular formula is C18H27FN4O2. The van der Waals surface area contributed by atoms with Gasteiger partial charge in [0, 0.05) is 38.7 Å². The number of hydrogen-bond acceptors (Lipinski definition) is 3. The number of benzene rings is 1. The van der Waals surface area contributed by atoms with E-state index in [9.17, 15) is 9.18 Å². The predicted octanol–water partition coefficient (Wildman–Crippen LogP) is 1.77. The maximum Gasteiger partial charge on any atom is 0.222 e. The molecule has 1 saturated heterocycles. The average molecular weight is 350 g/mol. The zero-order valence-electron chi connectivity index (χ0n) is 15.1. The molecular weight excluding hydrogens is 323 g/mol. The van der Waals surface area contributed by atoms with Crippen LogP contribution in [0.5, 0.6) is 5.75 Å². The Morgan fingerprint density at radius 3 is 3.00 bits per heavy atom. The third kappa shape index (κ3) is 5.92. The van der Waals surface area contributed by atoms with Crippen LogP contribution in [0.1, 0.15) is 26.7 Å². The van der Waals surface area contributed by atoms with Crippen molar-refractivity contribution in [2.24, 2.45) is 4.99 Å². The molecule has 2 N–H and O–H groups in total. The first-order chi connectivity index (χ1) is 12.0. The fraction of sp³-hybridized carbons (Fsp3) is 0.556. The van der Waals surface area contributed by atoms with Crippen LogP contribution in [0.4, 0.5) is 4.39 Å². The van der Waals surface area contributed by atoms with E-state index in [4.69, 9.17) is 4.74 Å². The lowest BCUT2D eigenvalue weighted by Crippen LogP contribution is -2.47. The van der Waals surface area contributed by atoms with Crippen molar-refractivity contribution >= 4 is 11.9 Å². The summed E-state index contributed by atoms with van der Waals surface area (Å²) < 4.78 is 18.9. The summed E-state index contributed by atoms with van der Waals surface area (Å²) in [5, 5.41) is 6.54. The van der Waals surface area contributed by atoms with Crippen LogP contribution in [-0.4, -0.2) is 55.6 Å². The molecule has 2 atom stereocenters. The molecule has 1 heterocycles. The molecule has 0 spiro atoms. The van der Waals surface area contributed by atoms with E-state index in [0.717, 1.165) is 13.0 Å². The minimum absolute atomic E-state index is 0.151. The highest BCUT2D eigenvalue weighted by molar-refractivity contribution is 5.80. The molecule has 0 saturated carbocycles. The summed E-state index contributed by atoms with van der Waals surface area (Å²) >= 11 is 0. The second kappa shape index (κ2) is 9.25. The Balaban J connectivity index is 1.76. The number of carbonyl (C=O) groups excluding carboxylic acids is 1. The van der Waals surface area contributed by atoms with Gasteiger partial charge in [0.05, 0.1) is 6.54 Å². The molecule has 1 amide bonds. The van der Waals surface area contributed by atoms with Gasteiger partial charge < -0.3 is 20.3 Å². The van der Waals surface area contributed by atoms with Crippen molar-refractivity contribution in [2.45, 2.75) is 38.8 Å². The maximum absolute atomic E-state index is 13.2. The summed E-state index contributed by atoms with van der Waals surface area (Å²) in [6.45, 7) is 5.79. The molecule has 1 aromatic rings. The van der Waals surface area contributed by atoms with Gasteiger partial charge in [-0.1, -0.05) is 13.0 Å². The number of likely N-dealkylation sites (tertiary alicyclic amines) is 1. The molecule has 25 heavy (non-hydrogen) atoms. The predicted molar refractivity (Wildman–Crippen MR) is 96.3 cm³/mol. The van der Waals surface area contributed by atoms with E-state index in [1.165, 1.54) is 12.1 Å². The molecule has 0 aromatic heterocycles. The molecule has 1 fully saturated rings. The van der Waals surface area contributed by atoms with Crippen LogP contribution >= 0.6 is 0 Å². The van der Waals surface area contributed by atoms with Gasteiger partial charge in [-0.3, -0.25) is 9.79 Å². The minimum Gasteiger partial charge on any atom is -0.489 e. The molecule has 138 valence electrons. The first-order valence-electron chi connectivity index (χ1n) is 8.69. The molecule has 2 rings (SSSR count). The Morgan fingerprint density at radius 2 is 2.32 bits per heavy atom. The highest BCUT2D eigenvalue weighted by Gasteiger charge is 2.25. The SMILES string of the molecule is CCC(=O)N1CCC(NC(=NC)NCC(C)Oc2cccc(F)c2)C1. The van der Waals surface area contributed by atoms with Crippen LogP contribution < -0.4 is 15.4 Å². The average Bonchev–Trinajstić information content (AvgIpc) is 3.06. The second-order valence-corrected chi connectivity index (χ2v) is 6.16. The zero-order chi connectivity index (χ0) is 18.2. The van der Waals surface area contributed by atoms with Crippen molar-refractivity contribution in [3.05, 3.63) is 30.1 Å². The van der Waals surface area contributed by atoms with E-state index >= 15 is 0 Å². The summed E-state index contributed by atoms with van der Waals surface area (Å²) in [6, 6.07) is 6.29. The maximum atomic E-state index is 13.2. The lowest BCUT2D eigenvalue weighted by molar-refractivity contribution is -0.129. The lowest BCUT2D eigenvalue weighted by Gasteiger charge is -2.21. The molecule has 2 unspecified atom stereocenters. The number of nitrogens with zero attached hydrogens (tertiary/aromatic N) is 2. The number of nitrogens with one attached hydrogen (secondary N) is 2. The Kier molecular flexibility index (Phi) is 7.03. The molecule has 1 aliphatic heterocycles. The molecule has 0 bridgehead atoms. The molecule has 0 aliphatic carbocycles. The third-order valence-corrected chi connectivity index (χ3v) is 4.10. The third-order valence-electron chi connectivity index (χ3n) is 4.10. The van der Waals surface area contributed by atoms with Gasteiger partial charge in [-0.25, -0.2) is 4.39 Å². The van der Waals surface area contributed by atoms with Gasteiger partial charge in [0.2, 0.25) is 5.91 Å². The van der Waals surface area contributed by atoms with Gasteiger partial charge in [0.1, 0.15) is 17.7 Å². The van der Waals surface area contributed by atoms with Crippen LogP contribution in [0, 0.1) is 5.82 Å². The fourth-order valence-electron chi connectivity index (χ4n) is 2.77. The molecule has 1 aromatic carbocycles. The van der Waals surface area contributed by atoms with Crippen molar-refractivity contribution in [1.82, 2.24) is 15.5 Å². The second-order valence-electron chi connectivity index (χ2n) is 6.16. The largest absolute Gasteiger partial charge is 0.489 e. The van der Waals surface area contributed by atoms with Crippen LogP contribution in [0.3, 0.4) is 0 Å². The van der Waals surface area contributed by atoms with Crippen molar-refractivity contribution in [3.63, 3.8) is 0 Å². The molecule has 0 radical (unpaired) electrons. The van der Waals surface area contributed by atoms with Gasteiger partial charge in [-0.2, -0.15) is 0 Å². The van der Waals surface area contributed by atoms with E-state index in [2.05, 4.69) is 15.6 Å². The van der Waals surface area contributed by atoms with Crippen LogP contribution in [-0.2, 0) is 4.79 Å². The monoisotopic (exact) mass is 350 g/mol. The van der Waals surface area contributed by atoms with Crippen molar-refractivity contribution in [2.75, 3.05) is 26.7 Å². The van der Waals surface area contributed by atoms with Gasteiger partial charge in [-0.15, -0.1) is 0 Å². The number of rotatable bonds is 6. The fourth-order valence-corrected chi connectivity index (χ4v) is 2.77. The van der Waals surface area contributed by atoms with Crippen molar-refractivity contribution < 1.29 is 13.9 Å². The Bertz CT molecular complexity index is 608. The Hall–Kier alpha value is -2.31. The number of guanidine groups is 1. The van der Waals surface area contributed by atoms with Crippen molar-refractivity contribution in [1.29, 1.82) is 0 Å². The number of amides is 1. The number of halogens is 1. The van der Waals surface area contributed by atoms with E-state index in [-0.39, 0.29) is 23.9 Å². The number of aliphatic imine (C=N–C) groups is 1. The van der Waals surface area contributed by atoms with E-state index in [1.54, 1.807) is 19.2 Å². The summed E-state index contributed by atoms with van der Waals surface area (Å²) in [5.74, 6) is 1.04. The minimum atomic E-state index is -0.317. The Labute approximate surface area is 148 Å². The summed E-state index contributed by atoms with van der Waals surface area (Å²) in [5.41, 5.74) is 0. The van der Waals surface area contributed by atoms with E-state index in [0.29, 0.717) is 31.2 Å². The van der Waals surface area contributed by atoms with Gasteiger partial charge in [-0.05, 0) is 25.5 Å². The highest BCUT2D eigenvalue weighted by Crippen LogP contribution is 2.13. The first kappa shape index (κ1) is 19.0. The van der Waals surface area contributed by atoms with Crippen LogP contribution in [0.15, 0.2) is 29.3 Å². The zero-order valence-corrected chi connectivity index (χ0v) is 15.1. The highest BCUT2D eigenvalue weighted by atomic mass is 19.1. The van der Waals surface area contributed by atoms with E-state index in [1.807, 2.05) is 18.7 Å². The number of carbonyl (C=O) groups is 1. The van der Waals surface area contributed by atoms with Gasteiger partial charge in [0.15, 0.2) is 5.96 Å². The summed E-state index contributed by atoms with van der Waals surface area (Å²) in [7, 11) is 1.71. The Morgan fingerprint density at radius 1 is 1.52 bits per heavy atom. The smallest absolute Gasteiger partial charge is 0.222 e. The quantitative estimate of drug-likeness (QED) is 0.606. The standard InChI is InChI=1S/C18H27FN4O2/c1-4-17(24)23-9-8-15(12-23)22-18(20-3)21-11-13(2)25-16-7-5-6-14(19)10-16/h5-7,10,13,15H,4,8-9,11-12H2,1-3H3,(H2,20,21,22). The lowest BCUT2D eigenvalue weighted by atomic mass is 10.3. The summed E-state index contributed by atoms with van der Waals surface area (Å²) in [6.07, 6.45) is 1.29. The topological polar surface area (TPSA) is 66.0 Å². The molecule has 6 nitrogen and oxygen atoms in total. The first-order valence-corrected chi connectivity index (χ1v) is 8.69. The van der Waals surface area contributed by atoms with Crippen molar-refractivity contribution in [3.8, 4) is 5.75 Å². The summed E-state index contributed by atoms with van der Waals surface area (Å²) in [4.78, 5) is 17.8. The van der Waals surface area contributed by atoms with Gasteiger partial charge >= 0.3 is 0 Å². The number of hydrogen-bond donors (Lipinski definition) is 2. The van der Waals surface area contributed by atoms with E-state index < -0.39 is 0 Å².